The second-order valence-corrected chi connectivity index (χ2v) is 6.14. The zero-order valence-electron chi connectivity index (χ0n) is 14.8. The molecule has 2 aromatic rings. The number of hydrogen-bond donors (Lipinski definition) is 3. The van der Waals surface area contributed by atoms with Gasteiger partial charge in [0.05, 0.1) is 0 Å². The van der Waals surface area contributed by atoms with Crippen LogP contribution >= 0.6 is 0 Å². The number of aromatic carboxylic acids is 1. The van der Waals surface area contributed by atoms with E-state index in [1.54, 1.807) is 0 Å². The fraction of sp³-hybridized carbons (Fsp3) is 0.316. The van der Waals surface area contributed by atoms with Gasteiger partial charge < -0.3 is 15.5 Å². The van der Waals surface area contributed by atoms with Gasteiger partial charge in [0, 0.05) is 37.1 Å². The maximum Gasteiger partial charge on any atom is 0.339 e. The van der Waals surface area contributed by atoms with Gasteiger partial charge in [-0.1, -0.05) is 6.07 Å². The molecular formula is C19H23N3O4. The van der Waals surface area contributed by atoms with Gasteiger partial charge in [-0.2, -0.15) is 0 Å². The van der Waals surface area contributed by atoms with Gasteiger partial charge in [0.15, 0.2) is 0 Å². The van der Waals surface area contributed by atoms with Gasteiger partial charge >= 0.3 is 5.97 Å². The summed E-state index contributed by atoms with van der Waals surface area (Å²) in [5.74, 6) is -1.87. The number of rotatable bonds is 3. The molecule has 1 fully saturated rings. The van der Waals surface area contributed by atoms with Crippen molar-refractivity contribution in [1.82, 2.24) is 9.88 Å². The molecule has 0 bridgehead atoms. The lowest BCUT2D eigenvalue weighted by molar-refractivity contribution is -0.114. The summed E-state index contributed by atoms with van der Waals surface area (Å²) in [6.07, 6.45) is 6.41. The summed E-state index contributed by atoms with van der Waals surface area (Å²) in [6, 6.07) is 8.61. The minimum atomic E-state index is -1.21. The number of carboxylic acids is 1. The van der Waals surface area contributed by atoms with Crippen LogP contribution in [0, 0.1) is 0 Å². The van der Waals surface area contributed by atoms with E-state index in [4.69, 9.17) is 5.11 Å². The van der Waals surface area contributed by atoms with E-state index in [-0.39, 0.29) is 17.2 Å². The van der Waals surface area contributed by atoms with Gasteiger partial charge in [-0.05, 0) is 50.2 Å². The minimum Gasteiger partial charge on any atom is -0.507 e. The number of hydrogen-bond acceptors (Lipinski definition) is 5. The second-order valence-electron chi connectivity index (χ2n) is 6.14. The average Bonchev–Trinajstić information content (AvgIpc) is 3.01. The number of aromatic hydroxyl groups is 1. The summed E-state index contributed by atoms with van der Waals surface area (Å²) < 4.78 is 0. The summed E-state index contributed by atoms with van der Waals surface area (Å²) in [6.45, 7) is 2.54. The molecule has 0 spiro atoms. The highest BCUT2D eigenvalue weighted by Gasteiger charge is 2.21. The molecule has 0 saturated carbocycles. The molecule has 7 heteroatoms. The average molecular weight is 357 g/mol. The van der Waals surface area contributed by atoms with Crippen LogP contribution in [0.2, 0.25) is 0 Å². The van der Waals surface area contributed by atoms with Gasteiger partial charge in [0.2, 0.25) is 5.91 Å². The summed E-state index contributed by atoms with van der Waals surface area (Å²) in [7, 11) is 2.19. The number of amides is 1. The summed E-state index contributed by atoms with van der Waals surface area (Å²) >= 11 is 0. The molecule has 1 aliphatic heterocycles. The SMILES string of the molecule is CC(=O)Nc1ccc(C(=O)O)c(O)c1.CN1CCCC1c1cccnc1. The smallest absolute Gasteiger partial charge is 0.339 e. The molecule has 3 N–H and O–H groups in total. The monoisotopic (exact) mass is 357 g/mol. The van der Waals surface area contributed by atoms with E-state index in [2.05, 4.69) is 28.3 Å². The van der Waals surface area contributed by atoms with E-state index in [1.807, 2.05) is 18.5 Å². The highest BCUT2D eigenvalue weighted by molar-refractivity contribution is 5.93. The van der Waals surface area contributed by atoms with Crippen LogP contribution in [0.25, 0.3) is 0 Å². The Labute approximate surface area is 152 Å². The second kappa shape index (κ2) is 8.96. The van der Waals surface area contributed by atoms with E-state index in [9.17, 15) is 14.7 Å². The molecule has 1 atom stereocenters. The first-order valence-electron chi connectivity index (χ1n) is 8.32. The first-order valence-corrected chi connectivity index (χ1v) is 8.32. The van der Waals surface area contributed by atoms with Crippen molar-refractivity contribution in [2.24, 2.45) is 0 Å². The third-order valence-electron chi connectivity index (χ3n) is 4.14. The summed E-state index contributed by atoms with van der Waals surface area (Å²) in [5.41, 5.74) is 1.52. The summed E-state index contributed by atoms with van der Waals surface area (Å²) in [4.78, 5) is 27.7. The van der Waals surface area contributed by atoms with Crippen molar-refractivity contribution in [1.29, 1.82) is 0 Å². The van der Waals surface area contributed by atoms with Crippen molar-refractivity contribution in [2.75, 3.05) is 18.9 Å². The number of anilines is 1. The van der Waals surface area contributed by atoms with Crippen molar-refractivity contribution in [3.05, 3.63) is 53.9 Å². The number of nitrogens with one attached hydrogen (secondary N) is 1. The Morgan fingerprint density at radius 1 is 1.31 bits per heavy atom. The van der Waals surface area contributed by atoms with Crippen molar-refractivity contribution < 1.29 is 19.8 Å². The molecule has 1 saturated heterocycles. The fourth-order valence-electron chi connectivity index (χ4n) is 2.90. The predicted octanol–water partition coefficient (Wildman–Crippen LogP) is 2.90. The molecule has 2 heterocycles. The van der Waals surface area contributed by atoms with Crippen molar-refractivity contribution in [3.63, 3.8) is 0 Å². The van der Waals surface area contributed by atoms with Crippen molar-refractivity contribution in [3.8, 4) is 5.75 Å². The molecular weight excluding hydrogens is 334 g/mol. The number of phenols is 1. The van der Waals surface area contributed by atoms with Gasteiger partial charge in [-0.3, -0.25) is 14.7 Å². The molecule has 3 rings (SSSR count). The van der Waals surface area contributed by atoms with Crippen LogP contribution in [-0.4, -0.2) is 45.6 Å². The Hall–Kier alpha value is -2.93. The number of carbonyl (C=O) groups excluding carboxylic acids is 1. The lowest BCUT2D eigenvalue weighted by atomic mass is 10.1. The summed E-state index contributed by atoms with van der Waals surface area (Å²) in [5, 5.41) is 20.3. The van der Waals surface area contributed by atoms with Crippen LogP contribution < -0.4 is 5.32 Å². The Morgan fingerprint density at radius 2 is 2.08 bits per heavy atom. The van der Waals surface area contributed by atoms with Gasteiger partial charge in [-0.15, -0.1) is 0 Å². The van der Waals surface area contributed by atoms with Crippen LogP contribution in [-0.2, 0) is 4.79 Å². The number of pyridine rings is 1. The first kappa shape index (κ1) is 19.4. The number of benzene rings is 1. The molecule has 7 nitrogen and oxygen atoms in total. The first-order chi connectivity index (χ1) is 12.4. The molecule has 1 amide bonds. The van der Waals surface area contributed by atoms with E-state index in [1.165, 1.54) is 50.1 Å². The zero-order chi connectivity index (χ0) is 19.1. The Kier molecular flexibility index (Phi) is 6.68. The molecule has 26 heavy (non-hydrogen) atoms. The minimum absolute atomic E-state index is 0.195. The maximum absolute atomic E-state index is 10.6. The van der Waals surface area contributed by atoms with Crippen LogP contribution in [0.15, 0.2) is 42.7 Å². The molecule has 1 aromatic carbocycles. The largest absolute Gasteiger partial charge is 0.507 e. The highest BCUT2D eigenvalue weighted by atomic mass is 16.4. The van der Waals surface area contributed by atoms with E-state index >= 15 is 0 Å². The van der Waals surface area contributed by atoms with E-state index in [0.29, 0.717) is 11.7 Å². The van der Waals surface area contributed by atoms with Gasteiger partial charge in [0.25, 0.3) is 0 Å². The maximum atomic E-state index is 10.6. The topological polar surface area (TPSA) is 103 Å². The standard InChI is InChI=1S/C10H14N2.C9H9NO4/c1-12-7-3-5-10(12)9-4-2-6-11-8-9;1-5(11)10-6-2-3-7(9(13)14)8(12)4-6/h2,4,6,8,10H,3,5,7H2,1H3;2-4,12H,1H3,(H,10,11)(H,13,14). The van der Waals surface area contributed by atoms with E-state index < -0.39 is 5.97 Å². The molecule has 138 valence electrons. The van der Waals surface area contributed by atoms with Crippen LogP contribution in [0.3, 0.4) is 0 Å². The van der Waals surface area contributed by atoms with Gasteiger partial charge in [-0.25, -0.2) is 4.79 Å². The Morgan fingerprint density at radius 3 is 2.58 bits per heavy atom. The number of aromatic nitrogens is 1. The third-order valence-corrected chi connectivity index (χ3v) is 4.14. The molecule has 1 unspecified atom stereocenters. The number of carbonyl (C=O) groups is 2. The zero-order valence-corrected chi connectivity index (χ0v) is 14.8. The van der Waals surface area contributed by atoms with Crippen molar-refractivity contribution in [2.45, 2.75) is 25.8 Å². The lowest BCUT2D eigenvalue weighted by Gasteiger charge is -2.18. The van der Waals surface area contributed by atoms with E-state index in [0.717, 1.165) is 0 Å². The fourth-order valence-corrected chi connectivity index (χ4v) is 2.90. The Bertz CT molecular complexity index is 765. The van der Waals surface area contributed by atoms with Crippen LogP contribution in [0.5, 0.6) is 5.75 Å². The van der Waals surface area contributed by atoms with Crippen LogP contribution in [0.1, 0.15) is 41.7 Å². The number of nitrogens with zero attached hydrogens (tertiary/aromatic N) is 2. The lowest BCUT2D eigenvalue weighted by Crippen LogP contribution is -2.17. The highest BCUT2D eigenvalue weighted by Crippen LogP contribution is 2.29. The Balaban J connectivity index is 0.000000189. The molecule has 1 aromatic heterocycles. The molecule has 1 aliphatic rings. The van der Waals surface area contributed by atoms with Crippen LogP contribution in [0.4, 0.5) is 5.69 Å². The number of carboxylic acid groups (broad SMARTS) is 1. The normalized spacial score (nSPS) is 16.5. The predicted molar refractivity (Wildman–Crippen MR) is 98.2 cm³/mol. The quantitative estimate of drug-likeness (QED) is 0.780. The third kappa shape index (κ3) is 5.29. The van der Waals surface area contributed by atoms with Crippen molar-refractivity contribution >= 4 is 17.6 Å². The molecule has 0 aliphatic carbocycles. The molecule has 0 radical (unpaired) electrons. The van der Waals surface area contributed by atoms with Gasteiger partial charge in [0.1, 0.15) is 11.3 Å². The number of likely N-dealkylation sites (tertiary alicyclic amines) is 1.